The van der Waals surface area contributed by atoms with Crippen LogP contribution in [0.4, 0.5) is 0 Å². The predicted molar refractivity (Wildman–Crippen MR) is 122 cm³/mol. The van der Waals surface area contributed by atoms with Gasteiger partial charge in [-0.3, -0.25) is 4.79 Å². The monoisotopic (exact) mass is 444 g/mol. The molecule has 0 N–H and O–H groups in total. The molecule has 31 heavy (non-hydrogen) atoms. The number of benzene rings is 2. The second kappa shape index (κ2) is 9.01. The number of hydrogen-bond acceptors (Lipinski definition) is 4. The van der Waals surface area contributed by atoms with Crippen molar-refractivity contribution in [2.75, 3.05) is 27.2 Å². The lowest BCUT2D eigenvalue weighted by atomic mass is 9.87. The van der Waals surface area contributed by atoms with Crippen molar-refractivity contribution in [1.29, 1.82) is 0 Å². The number of ether oxygens (including phenoxy) is 1. The second-order valence-corrected chi connectivity index (χ2v) is 11.1. The van der Waals surface area contributed by atoms with Crippen LogP contribution < -0.4 is 4.74 Å². The molecule has 6 nitrogen and oxygen atoms in total. The second-order valence-electron chi connectivity index (χ2n) is 9.07. The Morgan fingerprint density at radius 1 is 1.06 bits per heavy atom. The molecule has 2 aromatic rings. The van der Waals surface area contributed by atoms with Gasteiger partial charge in [-0.05, 0) is 47.6 Å². The molecule has 0 unspecified atom stereocenters. The highest BCUT2D eigenvalue weighted by molar-refractivity contribution is 7.89. The van der Waals surface area contributed by atoms with Crippen LogP contribution in [0.25, 0.3) is 0 Å². The first-order chi connectivity index (χ1) is 14.5. The summed E-state index contributed by atoms with van der Waals surface area (Å²) in [5.74, 6) is 0.197. The molecule has 1 fully saturated rings. The van der Waals surface area contributed by atoms with Crippen molar-refractivity contribution in [1.82, 2.24) is 9.21 Å². The van der Waals surface area contributed by atoms with Gasteiger partial charge in [-0.25, -0.2) is 8.42 Å². The van der Waals surface area contributed by atoms with Crippen molar-refractivity contribution < 1.29 is 17.9 Å². The van der Waals surface area contributed by atoms with Crippen LogP contribution in [-0.4, -0.2) is 50.8 Å². The summed E-state index contributed by atoms with van der Waals surface area (Å²) in [5, 5.41) is 0. The van der Waals surface area contributed by atoms with E-state index in [-0.39, 0.29) is 28.3 Å². The van der Waals surface area contributed by atoms with Crippen molar-refractivity contribution >= 4 is 15.9 Å². The zero-order valence-electron chi connectivity index (χ0n) is 19.0. The number of rotatable bonds is 6. The van der Waals surface area contributed by atoms with Gasteiger partial charge < -0.3 is 9.64 Å². The Labute approximate surface area is 185 Å². The maximum atomic E-state index is 13.2. The van der Waals surface area contributed by atoms with E-state index in [0.717, 1.165) is 18.4 Å². The number of amides is 1. The quantitative estimate of drug-likeness (QED) is 0.674. The molecule has 1 amide bonds. The van der Waals surface area contributed by atoms with E-state index in [1.165, 1.54) is 29.1 Å². The Balaban J connectivity index is 1.85. The van der Waals surface area contributed by atoms with Crippen molar-refractivity contribution in [3.05, 3.63) is 59.2 Å². The van der Waals surface area contributed by atoms with Crippen molar-refractivity contribution in [3.63, 3.8) is 0 Å². The van der Waals surface area contributed by atoms with Gasteiger partial charge in [0.2, 0.25) is 10.0 Å². The molecule has 1 heterocycles. The van der Waals surface area contributed by atoms with Gasteiger partial charge in [-0.2, -0.15) is 4.31 Å². The predicted octanol–water partition coefficient (Wildman–Crippen LogP) is 4.05. The molecule has 1 aliphatic heterocycles. The third-order valence-corrected chi connectivity index (χ3v) is 7.53. The maximum absolute atomic E-state index is 13.2. The highest BCUT2D eigenvalue weighted by Gasteiger charge is 2.27. The van der Waals surface area contributed by atoms with Gasteiger partial charge in [0.25, 0.3) is 5.91 Å². The minimum absolute atomic E-state index is 0.0396. The molecule has 0 saturated carbocycles. The number of carbonyl (C=O) groups excluding carboxylic acids is 1. The minimum atomic E-state index is -3.77. The van der Waals surface area contributed by atoms with Gasteiger partial charge in [-0.1, -0.05) is 45.0 Å². The van der Waals surface area contributed by atoms with Crippen LogP contribution in [0.2, 0.25) is 0 Å². The molecular weight excluding hydrogens is 412 g/mol. The van der Waals surface area contributed by atoms with E-state index in [1.807, 2.05) is 24.3 Å². The van der Waals surface area contributed by atoms with E-state index in [2.05, 4.69) is 20.8 Å². The summed E-state index contributed by atoms with van der Waals surface area (Å²) in [7, 11) is -0.735. The molecule has 1 saturated heterocycles. The van der Waals surface area contributed by atoms with Gasteiger partial charge >= 0.3 is 0 Å². The van der Waals surface area contributed by atoms with Crippen LogP contribution >= 0.6 is 0 Å². The van der Waals surface area contributed by atoms with Gasteiger partial charge in [-0.15, -0.1) is 0 Å². The molecule has 2 aromatic carbocycles. The normalized spacial score (nSPS) is 14.8. The molecular formula is C24H32N2O4S. The topological polar surface area (TPSA) is 66.9 Å². The summed E-state index contributed by atoms with van der Waals surface area (Å²) in [6.45, 7) is 8.04. The van der Waals surface area contributed by atoms with Crippen LogP contribution in [0.1, 0.15) is 55.1 Å². The number of nitrogens with zero attached hydrogens (tertiary/aromatic N) is 2. The Morgan fingerprint density at radius 3 is 2.23 bits per heavy atom. The lowest BCUT2D eigenvalue weighted by molar-refractivity contribution is 0.0789. The summed E-state index contributed by atoms with van der Waals surface area (Å²) < 4.78 is 33.1. The van der Waals surface area contributed by atoms with Gasteiger partial charge in [0.1, 0.15) is 5.75 Å². The van der Waals surface area contributed by atoms with Crippen molar-refractivity contribution in [2.24, 2.45) is 0 Å². The smallest absolute Gasteiger partial charge is 0.257 e. The Kier molecular flexibility index (Phi) is 6.76. The largest absolute Gasteiger partial charge is 0.496 e. The molecule has 0 radical (unpaired) electrons. The van der Waals surface area contributed by atoms with Crippen LogP contribution in [0.15, 0.2) is 47.4 Å². The molecule has 3 rings (SSSR count). The summed E-state index contributed by atoms with van der Waals surface area (Å²) in [6, 6.07) is 12.5. The number of hydrogen-bond donors (Lipinski definition) is 0. The fourth-order valence-corrected chi connectivity index (χ4v) is 4.92. The number of methoxy groups -OCH3 is 1. The first kappa shape index (κ1) is 23.3. The minimum Gasteiger partial charge on any atom is -0.496 e. The third kappa shape index (κ3) is 5.10. The van der Waals surface area contributed by atoms with Crippen molar-refractivity contribution in [3.8, 4) is 5.75 Å². The molecule has 7 heteroatoms. The summed E-state index contributed by atoms with van der Waals surface area (Å²) >= 11 is 0. The van der Waals surface area contributed by atoms with Gasteiger partial charge in [0.05, 0.1) is 17.6 Å². The van der Waals surface area contributed by atoms with Crippen molar-refractivity contribution in [2.45, 2.75) is 50.5 Å². The zero-order chi connectivity index (χ0) is 22.8. The molecule has 0 spiro atoms. The van der Waals surface area contributed by atoms with Crippen LogP contribution in [0, 0.1) is 0 Å². The highest BCUT2D eigenvalue weighted by Crippen LogP contribution is 2.28. The molecule has 0 aromatic heterocycles. The number of carbonyl (C=O) groups is 1. The van der Waals surface area contributed by atoms with E-state index < -0.39 is 10.0 Å². The summed E-state index contributed by atoms with van der Waals surface area (Å²) in [4.78, 5) is 14.7. The Bertz CT molecular complexity index is 1030. The fourth-order valence-electron chi connectivity index (χ4n) is 3.74. The first-order valence-corrected chi connectivity index (χ1v) is 12.0. The molecule has 1 aliphatic rings. The Hall–Kier alpha value is -2.38. The highest BCUT2D eigenvalue weighted by atomic mass is 32.2. The van der Waals surface area contributed by atoms with Crippen LogP contribution in [0.5, 0.6) is 5.75 Å². The van der Waals surface area contributed by atoms with E-state index in [1.54, 1.807) is 18.0 Å². The number of likely N-dealkylation sites (tertiary alicyclic amines) is 1. The lowest BCUT2D eigenvalue weighted by Crippen LogP contribution is -2.29. The van der Waals surface area contributed by atoms with Crippen LogP contribution in [0.3, 0.4) is 0 Å². The van der Waals surface area contributed by atoms with Gasteiger partial charge in [0.15, 0.2) is 0 Å². The summed E-state index contributed by atoms with van der Waals surface area (Å²) in [5.41, 5.74) is 2.43. The average Bonchev–Trinajstić information content (AvgIpc) is 3.27. The van der Waals surface area contributed by atoms with Gasteiger partial charge in [0, 0.05) is 26.7 Å². The SMILES string of the molecule is COc1ccc(S(=O)(=O)N(C)Cc2ccc(C(C)(C)C)cc2)cc1C(=O)N1CCCC1. The molecule has 0 bridgehead atoms. The molecule has 168 valence electrons. The maximum Gasteiger partial charge on any atom is 0.257 e. The lowest BCUT2D eigenvalue weighted by Gasteiger charge is -2.21. The standard InChI is InChI=1S/C24H32N2O4S/c1-24(2,3)19-10-8-18(9-11-19)17-25(4)31(28,29)20-12-13-22(30-5)21(16-20)23(27)26-14-6-7-15-26/h8-13,16H,6-7,14-15,17H2,1-5H3. The van der Waals surface area contributed by atoms with E-state index in [0.29, 0.717) is 18.8 Å². The average molecular weight is 445 g/mol. The fraction of sp³-hybridized carbons (Fsp3) is 0.458. The van der Waals surface area contributed by atoms with E-state index in [4.69, 9.17) is 4.74 Å². The van der Waals surface area contributed by atoms with E-state index >= 15 is 0 Å². The molecule has 0 aliphatic carbocycles. The zero-order valence-corrected chi connectivity index (χ0v) is 19.8. The van der Waals surface area contributed by atoms with Crippen LogP contribution in [-0.2, 0) is 22.0 Å². The first-order valence-electron chi connectivity index (χ1n) is 10.6. The van der Waals surface area contributed by atoms with E-state index in [9.17, 15) is 13.2 Å². The number of sulfonamides is 1. The molecule has 0 atom stereocenters. The Morgan fingerprint density at radius 2 is 1.68 bits per heavy atom. The summed E-state index contributed by atoms with van der Waals surface area (Å²) in [6.07, 6.45) is 1.92. The third-order valence-electron chi connectivity index (χ3n) is 5.73.